The van der Waals surface area contributed by atoms with Crippen LogP contribution in [0.2, 0.25) is 0 Å². The Labute approximate surface area is 112 Å². The summed E-state index contributed by atoms with van der Waals surface area (Å²) in [6, 6.07) is 5.49. The monoisotopic (exact) mass is 259 g/mol. The van der Waals surface area contributed by atoms with E-state index in [0.717, 1.165) is 13.0 Å². The van der Waals surface area contributed by atoms with Crippen LogP contribution in [0.4, 0.5) is 5.82 Å². The molecule has 100 valence electrons. The number of nitriles is 1. The normalized spacial score (nSPS) is 18.4. The topological polar surface area (TPSA) is 81.9 Å². The molecule has 0 radical (unpaired) electrons. The van der Waals surface area contributed by atoms with Crippen molar-refractivity contribution in [3.05, 3.63) is 17.8 Å². The number of rotatable bonds is 3. The van der Waals surface area contributed by atoms with E-state index in [1.807, 2.05) is 24.8 Å². The van der Waals surface area contributed by atoms with Crippen molar-refractivity contribution in [2.45, 2.75) is 26.3 Å². The molecule has 1 aromatic rings. The third-order valence-corrected chi connectivity index (χ3v) is 3.12. The van der Waals surface area contributed by atoms with E-state index < -0.39 is 0 Å². The second-order valence-corrected chi connectivity index (χ2v) is 4.98. The Morgan fingerprint density at radius 2 is 2.32 bits per heavy atom. The molecule has 0 spiro atoms. The molecule has 1 fully saturated rings. The van der Waals surface area contributed by atoms with Gasteiger partial charge in [0.15, 0.2) is 5.69 Å². The molecule has 0 saturated carbocycles. The van der Waals surface area contributed by atoms with Crippen LogP contribution >= 0.6 is 0 Å². The van der Waals surface area contributed by atoms with Gasteiger partial charge in [-0.3, -0.25) is 4.79 Å². The highest BCUT2D eigenvalue weighted by Gasteiger charge is 2.27. The number of anilines is 1. The molecule has 2 heterocycles. The minimum atomic E-state index is 0.0356. The number of carbonyl (C=O) groups is 1. The van der Waals surface area contributed by atoms with Crippen molar-refractivity contribution in [2.75, 3.05) is 18.4 Å². The van der Waals surface area contributed by atoms with Crippen LogP contribution in [0.25, 0.3) is 0 Å². The van der Waals surface area contributed by atoms with Crippen molar-refractivity contribution in [1.29, 1.82) is 5.26 Å². The van der Waals surface area contributed by atoms with E-state index in [0.29, 0.717) is 18.1 Å². The summed E-state index contributed by atoms with van der Waals surface area (Å²) in [6.07, 6.45) is 0.903. The van der Waals surface area contributed by atoms with E-state index in [2.05, 4.69) is 15.5 Å². The summed E-state index contributed by atoms with van der Waals surface area (Å²) in [4.78, 5) is 13.7. The van der Waals surface area contributed by atoms with Crippen LogP contribution in [-0.4, -0.2) is 40.1 Å². The van der Waals surface area contributed by atoms with Crippen LogP contribution in [0.1, 0.15) is 26.0 Å². The highest BCUT2D eigenvalue weighted by atomic mass is 16.2. The Morgan fingerprint density at radius 3 is 2.89 bits per heavy atom. The first-order valence-corrected chi connectivity index (χ1v) is 6.39. The number of aromatic nitrogens is 2. The number of carbonyl (C=O) groups excluding carboxylic acids is 1. The molecular formula is C13H17N5O. The zero-order valence-corrected chi connectivity index (χ0v) is 11.1. The molecule has 0 aromatic carbocycles. The second kappa shape index (κ2) is 5.65. The summed E-state index contributed by atoms with van der Waals surface area (Å²) < 4.78 is 0. The van der Waals surface area contributed by atoms with E-state index in [1.165, 1.54) is 0 Å². The molecule has 6 heteroatoms. The highest BCUT2D eigenvalue weighted by Crippen LogP contribution is 2.16. The molecule has 2 rings (SSSR count). The Balaban J connectivity index is 1.91. The summed E-state index contributed by atoms with van der Waals surface area (Å²) >= 11 is 0. The van der Waals surface area contributed by atoms with Gasteiger partial charge in [0.05, 0.1) is 0 Å². The van der Waals surface area contributed by atoms with E-state index in [9.17, 15) is 4.79 Å². The average Bonchev–Trinajstić information content (AvgIpc) is 2.87. The molecule has 1 aliphatic heterocycles. The molecule has 6 nitrogen and oxygen atoms in total. The summed E-state index contributed by atoms with van der Waals surface area (Å²) in [5.74, 6) is 0.867. The van der Waals surface area contributed by atoms with E-state index >= 15 is 0 Å². The van der Waals surface area contributed by atoms with E-state index in [1.54, 1.807) is 12.1 Å². The van der Waals surface area contributed by atoms with Gasteiger partial charge in [-0.1, -0.05) is 13.8 Å². The fourth-order valence-corrected chi connectivity index (χ4v) is 2.12. The minimum absolute atomic E-state index is 0.0356. The quantitative estimate of drug-likeness (QED) is 0.876. The van der Waals surface area contributed by atoms with Crippen LogP contribution in [-0.2, 0) is 4.79 Å². The van der Waals surface area contributed by atoms with Crippen molar-refractivity contribution in [3.8, 4) is 6.07 Å². The smallest absolute Gasteiger partial charge is 0.225 e. The maximum atomic E-state index is 11.9. The summed E-state index contributed by atoms with van der Waals surface area (Å²) in [5, 5.41) is 19.6. The minimum Gasteiger partial charge on any atom is -0.364 e. The Bertz CT molecular complexity index is 491. The molecule has 0 bridgehead atoms. The van der Waals surface area contributed by atoms with Crippen molar-refractivity contribution in [2.24, 2.45) is 5.92 Å². The Kier molecular flexibility index (Phi) is 3.95. The second-order valence-electron chi connectivity index (χ2n) is 4.98. The maximum absolute atomic E-state index is 11.9. The van der Waals surface area contributed by atoms with Crippen LogP contribution < -0.4 is 5.32 Å². The van der Waals surface area contributed by atoms with Crippen LogP contribution in [0.5, 0.6) is 0 Å². The number of nitrogens with one attached hydrogen (secondary N) is 1. The van der Waals surface area contributed by atoms with Crippen molar-refractivity contribution in [1.82, 2.24) is 15.1 Å². The summed E-state index contributed by atoms with van der Waals surface area (Å²) in [6.45, 7) is 5.29. The first-order valence-electron chi connectivity index (χ1n) is 6.39. The first kappa shape index (κ1) is 13.3. The van der Waals surface area contributed by atoms with Gasteiger partial charge in [-0.2, -0.15) is 5.26 Å². The van der Waals surface area contributed by atoms with Crippen LogP contribution in [0.3, 0.4) is 0 Å². The number of hydrogen-bond donors (Lipinski definition) is 1. The number of amides is 1. The third-order valence-electron chi connectivity index (χ3n) is 3.12. The van der Waals surface area contributed by atoms with E-state index in [4.69, 9.17) is 5.26 Å². The predicted molar refractivity (Wildman–Crippen MR) is 70.2 cm³/mol. The lowest BCUT2D eigenvalue weighted by Gasteiger charge is -2.19. The number of nitrogens with zero attached hydrogens (tertiary/aromatic N) is 4. The molecule has 1 N–H and O–H groups in total. The standard InChI is InChI=1S/C13H17N5O/c1-9(2)13(19)18-6-5-11(8-18)15-12-4-3-10(7-14)16-17-12/h3-4,9,11H,5-6,8H2,1-2H3,(H,15,17). The summed E-state index contributed by atoms with van der Waals surface area (Å²) in [5.41, 5.74) is 0.300. The molecule has 1 atom stereocenters. The van der Waals surface area contributed by atoms with Gasteiger partial charge in [0.1, 0.15) is 11.9 Å². The van der Waals surface area contributed by atoms with Crippen molar-refractivity contribution < 1.29 is 4.79 Å². The summed E-state index contributed by atoms with van der Waals surface area (Å²) in [7, 11) is 0. The van der Waals surface area contributed by atoms with Crippen LogP contribution in [0.15, 0.2) is 12.1 Å². The predicted octanol–water partition coefficient (Wildman–Crippen LogP) is 1.02. The fourth-order valence-electron chi connectivity index (χ4n) is 2.12. The molecule has 0 aliphatic carbocycles. The molecule has 1 amide bonds. The van der Waals surface area contributed by atoms with Gasteiger partial charge in [-0.05, 0) is 18.6 Å². The Hall–Kier alpha value is -2.16. The molecule has 19 heavy (non-hydrogen) atoms. The third kappa shape index (κ3) is 3.19. The average molecular weight is 259 g/mol. The zero-order valence-electron chi connectivity index (χ0n) is 11.1. The largest absolute Gasteiger partial charge is 0.364 e. The van der Waals surface area contributed by atoms with Gasteiger partial charge < -0.3 is 10.2 Å². The van der Waals surface area contributed by atoms with Crippen molar-refractivity contribution >= 4 is 11.7 Å². The molecule has 1 saturated heterocycles. The van der Waals surface area contributed by atoms with Gasteiger partial charge in [-0.15, -0.1) is 10.2 Å². The van der Waals surface area contributed by atoms with Gasteiger partial charge in [-0.25, -0.2) is 0 Å². The lowest BCUT2D eigenvalue weighted by Crippen LogP contribution is -2.34. The lowest BCUT2D eigenvalue weighted by atomic mass is 10.2. The van der Waals surface area contributed by atoms with Crippen molar-refractivity contribution in [3.63, 3.8) is 0 Å². The van der Waals surface area contributed by atoms with Crippen LogP contribution in [0, 0.1) is 17.2 Å². The molecular weight excluding hydrogens is 242 g/mol. The van der Waals surface area contributed by atoms with Gasteiger partial charge in [0.25, 0.3) is 0 Å². The van der Waals surface area contributed by atoms with Gasteiger partial charge >= 0.3 is 0 Å². The highest BCUT2D eigenvalue weighted by molar-refractivity contribution is 5.78. The fraction of sp³-hybridized carbons (Fsp3) is 0.538. The molecule has 1 aliphatic rings. The zero-order chi connectivity index (χ0) is 13.8. The first-order chi connectivity index (χ1) is 9.10. The number of likely N-dealkylation sites (tertiary alicyclic amines) is 1. The van der Waals surface area contributed by atoms with Gasteiger partial charge in [0, 0.05) is 25.0 Å². The molecule has 1 aromatic heterocycles. The van der Waals surface area contributed by atoms with Gasteiger partial charge in [0.2, 0.25) is 5.91 Å². The maximum Gasteiger partial charge on any atom is 0.225 e. The number of hydrogen-bond acceptors (Lipinski definition) is 5. The lowest BCUT2D eigenvalue weighted by molar-refractivity contribution is -0.133. The Morgan fingerprint density at radius 1 is 1.53 bits per heavy atom. The van der Waals surface area contributed by atoms with E-state index in [-0.39, 0.29) is 17.9 Å². The SMILES string of the molecule is CC(C)C(=O)N1CCC(Nc2ccc(C#N)nn2)C1. The molecule has 1 unspecified atom stereocenters.